The van der Waals surface area contributed by atoms with Gasteiger partial charge in [0.05, 0.1) is 24.4 Å². The van der Waals surface area contributed by atoms with Crippen molar-refractivity contribution in [1.82, 2.24) is 15.0 Å². The topological polar surface area (TPSA) is 169 Å². The molecule has 3 heterocycles. The number of aldehydes is 1. The molecule has 2 aromatic carbocycles. The predicted octanol–water partition coefficient (Wildman–Crippen LogP) is 11.0. The standard InChI is InChI=1S/C54H77N3O10Si2/c1-37(48(62-11)32-41(59)31-42(61-10)21-20-26-49-56-45(35-63-49)52-57-46(36-65-52)51-55-40(33-58)34-64-51)27-28-47(60)39(3)50(67-68(12,13)53(4,5)6)38(2)29-30-66-69(54(7,8)9,43-22-16-14-17-23-43)44-24-18-15-19-25-44/h14-20,22-26,33-39,41-42,48,50,59H,21,27-32H2,1-13H3/b26-20+/t37-,38+,39-,41-,42+,48+,50+/m0/s1. The molecule has 3 aromatic heterocycles. The fourth-order valence-corrected chi connectivity index (χ4v) is 14.8. The summed E-state index contributed by atoms with van der Waals surface area (Å²) in [6.07, 6.45) is 9.75. The van der Waals surface area contributed by atoms with Gasteiger partial charge in [-0.15, -0.1) is 0 Å². The van der Waals surface area contributed by atoms with Crippen molar-refractivity contribution < 1.29 is 46.3 Å². The van der Waals surface area contributed by atoms with Crippen LogP contribution in [0.15, 0.2) is 98.8 Å². The average molecular weight is 984 g/mol. The zero-order valence-electron chi connectivity index (χ0n) is 43.2. The van der Waals surface area contributed by atoms with E-state index in [9.17, 15) is 14.7 Å². The molecule has 7 atom stereocenters. The highest BCUT2D eigenvalue weighted by Crippen LogP contribution is 2.41. The van der Waals surface area contributed by atoms with Gasteiger partial charge in [0.1, 0.15) is 30.3 Å². The summed E-state index contributed by atoms with van der Waals surface area (Å²) in [6, 6.07) is 21.4. The van der Waals surface area contributed by atoms with Crippen LogP contribution in [0.25, 0.3) is 29.2 Å². The van der Waals surface area contributed by atoms with Crippen LogP contribution in [0, 0.1) is 17.8 Å². The summed E-state index contributed by atoms with van der Waals surface area (Å²) in [7, 11) is -1.73. The van der Waals surface area contributed by atoms with Crippen LogP contribution in [0.2, 0.25) is 23.2 Å². The first-order valence-corrected chi connectivity index (χ1v) is 29.1. The Morgan fingerprint density at radius 3 is 1.91 bits per heavy atom. The first-order valence-electron chi connectivity index (χ1n) is 24.3. The molecule has 13 nitrogen and oxygen atoms in total. The Bertz CT molecular complexity index is 2330. The van der Waals surface area contributed by atoms with Gasteiger partial charge >= 0.3 is 0 Å². The number of aliphatic hydroxyl groups excluding tert-OH is 1. The number of carbonyl (C=O) groups is 2. The van der Waals surface area contributed by atoms with Crippen LogP contribution in [0.4, 0.5) is 0 Å². The van der Waals surface area contributed by atoms with Gasteiger partial charge in [0.25, 0.3) is 8.32 Å². The lowest BCUT2D eigenvalue weighted by molar-refractivity contribution is -0.127. The molecule has 0 saturated carbocycles. The third-order valence-electron chi connectivity index (χ3n) is 14.0. The number of rotatable bonds is 27. The first-order chi connectivity index (χ1) is 32.6. The zero-order chi connectivity index (χ0) is 50.6. The monoisotopic (exact) mass is 984 g/mol. The number of benzene rings is 2. The van der Waals surface area contributed by atoms with Crippen LogP contribution < -0.4 is 10.4 Å². The van der Waals surface area contributed by atoms with Gasteiger partial charge in [-0.25, -0.2) is 15.0 Å². The van der Waals surface area contributed by atoms with Gasteiger partial charge in [0.15, 0.2) is 26.0 Å². The minimum Gasteiger partial charge on any atom is -0.444 e. The minimum absolute atomic E-state index is 0.0156. The largest absolute Gasteiger partial charge is 0.444 e. The second-order valence-corrected chi connectivity index (χ2v) is 30.2. The van der Waals surface area contributed by atoms with Crippen molar-refractivity contribution in [2.45, 2.75) is 148 Å². The number of ether oxygens (including phenoxy) is 2. The first kappa shape index (κ1) is 55.3. The Hall–Kier alpha value is -4.62. The number of Topliss-reactive ketones (excluding diaryl/α,β-unsaturated/α-hetero) is 1. The molecular formula is C54H77N3O10Si2. The number of hydrogen-bond acceptors (Lipinski definition) is 13. The summed E-state index contributed by atoms with van der Waals surface area (Å²) in [6.45, 7) is 25.1. The molecule has 0 saturated heterocycles. The molecule has 0 spiro atoms. The quantitative estimate of drug-likeness (QED) is 0.0390. The fourth-order valence-electron chi connectivity index (χ4n) is 8.77. The number of hydrogen-bond donors (Lipinski definition) is 1. The highest BCUT2D eigenvalue weighted by molar-refractivity contribution is 6.99. The van der Waals surface area contributed by atoms with E-state index in [1.807, 2.05) is 13.0 Å². The molecule has 0 bridgehead atoms. The molecule has 69 heavy (non-hydrogen) atoms. The Balaban J connectivity index is 1.17. The van der Waals surface area contributed by atoms with Gasteiger partial charge in [-0.2, -0.15) is 0 Å². The normalized spacial score (nSPS) is 16.0. The molecule has 0 aliphatic rings. The molecule has 5 aromatic rings. The molecule has 0 fully saturated rings. The van der Waals surface area contributed by atoms with Crippen LogP contribution in [-0.4, -0.2) is 94.0 Å². The molecule has 0 amide bonds. The van der Waals surface area contributed by atoms with Gasteiger partial charge in [-0.3, -0.25) is 9.59 Å². The van der Waals surface area contributed by atoms with E-state index in [4.69, 9.17) is 31.6 Å². The molecule has 0 radical (unpaired) electrons. The van der Waals surface area contributed by atoms with E-state index in [2.05, 4.69) is 144 Å². The Kier molecular flexibility index (Phi) is 19.6. The lowest BCUT2D eigenvalue weighted by Crippen LogP contribution is -2.66. The van der Waals surface area contributed by atoms with Crippen molar-refractivity contribution >= 4 is 45.2 Å². The molecule has 376 valence electrons. The minimum atomic E-state index is -2.73. The second-order valence-electron chi connectivity index (χ2n) is 21.1. The number of carbonyl (C=O) groups excluding carboxylic acids is 2. The molecule has 15 heteroatoms. The summed E-state index contributed by atoms with van der Waals surface area (Å²) >= 11 is 0. The van der Waals surface area contributed by atoms with Crippen LogP contribution in [0.3, 0.4) is 0 Å². The Morgan fingerprint density at radius 1 is 0.754 bits per heavy atom. The number of methoxy groups -OCH3 is 2. The number of nitrogens with zero attached hydrogens (tertiary/aromatic N) is 3. The number of aliphatic hydroxyl groups is 1. The van der Waals surface area contributed by atoms with Crippen LogP contribution in [0.5, 0.6) is 0 Å². The molecule has 5 rings (SSSR count). The zero-order valence-corrected chi connectivity index (χ0v) is 45.2. The van der Waals surface area contributed by atoms with Crippen molar-refractivity contribution in [3.63, 3.8) is 0 Å². The summed E-state index contributed by atoms with van der Waals surface area (Å²) in [4.78, 5) is 38.1. The van der Waals surface area contributed by atoms with Crippen molar-refractivity contribution in [2.24, 2.45) is 17.8 Å². The Labute approximate surface area is 412 Å². The van der Waals surface area contributed by atoms with Crippen LogP contribution in [0.1, 0.15) is 117 Å². The smallest absolute Gasteiger partial charge is 0.261 e. The maximum Gasteiger partial charge on any atom is 0.261 e. The lowest BCUT2D eigenvalue weighted by atomic mass is 9.85. The fraction of sp³-hybridized carbons (Fsp3) is 0.537. The van der Waals surface area contributed by atoms with Gasteiger partial charge in [-0.05, 0) is 83.6 Å². The van der Waals surface area contributed by atoms with Crippen LogP contribution >= 0.6 is 0 Å². The average Bonchev–Trinajstić information content (AvgIpc) is 4.12. The van der Waals surface area contributed by atoms with Crippen molar-refractivity contribution in [3.8, 4) is 23.2 Å². The molecule has 1 N–H and O–H groups in total. The van der Waals surface area contributed by atoms with E-state index < -0.39 is 22.7 Å². The number of ketones is 1. The van der Waals surface area contributed by atoms with Crippen molar-refractivity contribution in [2.75, 3.05) is 20.8 Å². The maximum atomic E-state index is 14.3. The maximum absolute atomic E-state index is 14.3. The third-order valence-corrected chi connectivity index (χ3v) is 23.5. The lowest BCUT2D eigenvalue weighted by Gasteiger charge is -2.44. The van der Waals surface area contributed by atoms with Crippen molar-refractivity contribution in [1.29, 1.82) is 0 Å². The van der Waals surface area contributed by atoms with Gasteiger partial charge in [0.2, 0.25) is 17.7 Å². The number of oxazole rings is 3. The molecular weight excluding hydrogens is 907 g/mol. The van der Waals surface area contributed by atoms with Gasteiger partial charge in [0, 0.05) is 33.2 Å². The van der Waals surface area contributed by atoms with E-state index in [0.717, 1.165) is 6.42 Å². The van der Waals surface area contributed by atoms with E-state index in [-0.39, 0.29) is 69.4 Å². The highest BCUT2D eigenvalue weighted by Gasteiger charge is 2.50. The number of aromatic nitrogens is 3. The van der Waals surface area contributed by atoms with Gasteiger partial charge in [-0.1, -0.05) is 129 Å². The van der Waals surface area contributed by atoms with Gasteiger partial charge < -0.3 is 36.7 Å². The van der Waals surface area contributed by atoms with Crippen molar-refractivity contribution in [3.05, 3.63) is 97.1 Å². The summed E-state index contributed by atoms with van der Waals surface area (Å²) in [5, 5.41) is 13.6. The Morgan fingerprint density at radius 2 is 1.35 bits per heavy atom. The predicted molar refractivity (Wildman–Crippen MR) is 275 cm³/mol. The summed E-state index contributed by atoms with van der Waals surface area (Å²) < 4.78 is 42.6. The molecule has 0 aliphatic heterocycles. The van der Waals surface area contributed by atoms with Crippen LogP contribution in [-0.2, 0) is 23.1 Å². The second kappa shape index (κ2) is 24.5. The highest BCUT2D eigenvalue weighted by atomic mass is 28.4. The SMILES string of the molecule is CO[C@H](C/C=C/c1nc(-c2nc(-c3nc(C=O)co3)co2)co1)C[C@H](O)C[C@@H](OC)[C@@H](C)CCC(=O)[C@H](C)[C@H](O[Si](C)(C)C(C)(C)C)[C@H](C)CCO[Si](c1ccccc1)(c1ccccc1)C(C)(C)C. The summed E-state index contributed by atoms with van der Waals surface area (Å²) in [5.41, 5.74) is 0.847. The van der Waals surface area contributed by atoms with E-state index >= 15 is 0 Å². The third kappa shape index (κ3) is 14.3. The van der Waals surface area contributed by atoms with E-state index in [1.165, 1.54) is 29.2 Å². The van der Waals surface area contributed by atoms with E-state index in [1.54, 1.807) is 20.3 Å². The molecule has 0 aliphatic carbocycles. The van der Waals surface area contributed by atoms with E-state index in [0.29, 0.717) is 62.3 Å². The summed E-state index contributed by atoms with van der Waals surface area (Å²) in [5.74, 6) is 0.629. The molecule has 0 unspecified atom stereocenters.